The molecule has 0 saturated carbocycles. The summed E-state index contributed by atoms with van der Waals surface area (Å²) in [6.45, 7) is 1.40. The normalized spacial score (nSPS) is 11.3. The number of imidazole rings is 1. The molecule has 0 aliphatic rings. The summed E-state index contributed by atoms with van der Waals surface area (Å²) >= 11 is 5.42. The van der Waals surface area contributed by atoms with Crippen molar-refractivity contribution in [1.29, 1.82) is 0 Å². The summed E-state index contributed by atoms with van der Waals surface area (Å²) < 4.78 is 55.4. The van der Waals surface area contributed by atoms with Gasteiger partial charge in [0.25, 0.3) is 0 Å². The molecule has 0 aliphatic carbocycles. The minimum absolute atomic E-state index is 0.117. The fourth-order valence-electron chi connectivity index (χ4n) is 3.00. The number of hydrogen-bond donors (Lipinski definition) is 1. The van der Waals surface area contributed by atoms with E-state index in [0.717, 1.165) is 6.07 Å². The zero-order valence-electron chi connectivity index (χ0n) is 15.9. The van der Waals surface area contributed by atoms with E-state index in [-0.39, 0.29) is 23.2 Å². The molecule has 0 aliphatic heterocycles. The van der Waals surface area contributed by atoms with Crippen molar-refractivity contribution < 1.29 is 17.6 Å². The van der Waals surface area contributed by atoms with Gasteiger partial charge in [-0.1, -0.05) is 24.3 Å². The highest BCUT2D eigenvalue weighted by Gasteiger charge is 2.33. The number of anilines is 1. The molecular formula is C21H20F4N4S. The van der Waals surface area contributed by atoms with Gasteiger partial charge in [0.1, 0.15) is 5.82 Å². The first-order valence-electron chi connectivity index (χ1n) is 9.25. The van der Waals surface area contributed by atoms with Crippen LogP contribution in [-0.4, -0.2) is 26.1 Å². The van der Waals surface area contributed by atoms with Gasteiger partial charge in [0, 0.05) is 32.0 Å². The quantitative estimate of drug-likeness (QED) is 0.401. The van der Waals surface area contributed by atoms with E-state index < -0.39 is 11.7 Å². The number of para-hydroxylation sites is 1. The number of aryl methyl sites for hydroxylation is 1. The van der Waals surface area contributed by atoms with Crippen molar-refractivity contribution in [1.82, 2.24) is 14.5 Å². The zero-order chi connectivity index (χ0) is 21.6. The largest absolute Gasteiger partial charge is 0.418 e. The molecular weight excluding hydrogens is 416 g/mol. The second kappa shape index (κ2) is 9.71. The Morgan fingerprint density at radius 3 is 2.63 bits per heavy atom. The molecule has 1 N–H and O–H groups in total. The topological polar surface area (TPSA) is 33.1 Å². The average molecular weight is 436 g/mol. The Hall–Kier alpha value is -2.94. The number of hydrogen-bond acceptors (Lipinski definition) is 2. The van der Waals surface area contributed by atoms with Gasteiger partial charge < -0.3 is 14.8 Å². The Labute approximate surface area is 177 Å². The van der Waals surface area contributed by atoms with Gasteiger partial charge in [-0.3, -0.25) is 0 Å². The van der Waals surface area contributed by atoms with Crippen LogP contribution in [0.4, 0.5) is 23.2 Å². The molecule has 0 amide bonds. The van der Waals surface area contributed by atoms with E-state index in [0.29, 0.717) is 25.1 Å². The first kappa shape index (κ1) is 21.8. The summed E-state index contributed by atoms with van der Waals surface area (Å²) in [6, 6.07) is 11.2. The van der Waals surface area contributed by atoms with Crippen LogP contribution in [0, 0.1) is 5.82 Å². The molecule has 1 heterocycles. The van der Waals surface area contributed by atoms with Crippen molar-refractivity contribution in [3.05, 3.63) is 84.2 Å². The molecule has 0 spiro atoms. The molecule has 9 heteroatoms. The van der Waals surface area contributed by atoms with Crippen LogP contribution in [0.2, 0.25) is 0 Å². The Bertz CT molecular complexity index is 973. The fraction of sp³-hybridized carbons (Fsp3) is 0.238. The summed E-state index contributed by atoms with van der Waals surface area (Å²) in [4.78, 5) is 5.71. The van der Waals surface area contributed by atoms with Gasteiger partial charge in [0.15, 0.2) is 5.11 Å². The predicted octanol–water partition coefficient (Wildman–Crippen LogP) is 5.33. The molecule has 0 atom stereocenters. The smallest absolute Gasteiger partial charge is 0.345 e. The number of nitrogens with zero attached hydrogens (tertiary/aromatic N) is 3. The van der Waals surface area contributed by atoms with Gasteiger partial charge >= 0.3 is 6.18 Å². The van der Waals surface area contributed by atoms with E-state index in [1.165, 1.54) is 30.3 Å². The number of nitrogens with one attached hydrogen (secondary N) is 1. The van der Waals surface area contributed by atoms with Gasteiger partial charge in [0.05, 0.1) is 17.6 Å². The predicted molar refractivity (Wildman–Crippen MR) is 111 cm³/mol. The molecule has 1 aromatic heterocycles. The molecule has 3 rings (SSSR count). The first-order chi connectivity index (χ1) is 14.3. The standard InChI is InChI=1S/C21H20F4N4S/c22-17-6-3-5-16(13-17)14-29(11-4-10-28-12-9-26-15-28)20(30)27-19-8-2-1-7-18(19)21(23,24)25/h1-3,5-9,12-13,15H,4,10-11,14H2,(H,27,30). The molecule has 4 nitrogen and oxygen atoms in total. The third-order valence-electron chi connectivity index (χ3n) is 4.43. The van der Waals surface area contributed by atoms with E-state index in [1.54, 1.807) is 29.6 Å². The SMILES string of the molecule is Fc1cccc(CN(CCCn2ccnc2)C(=S)Nc2ccccc2C(F)(F)F)c1. The second-order valence-electron chi connectivity index (χ2n) is 6.68. The molecule has 0 radical (unpaired) electrons. The van der Waals surface area contributed by atoms with Crippen LogP contribution in [-0.2, 0) is 19.3 Å². The Balaban J connectivity index is 1.75. The van der Waals surface area contributed by atoms with Crippen molar-refractivity contribution in [2.24, 2.45) is 0 Å². The van der Waals surface area contributed by atoms with Gasteiger partial charge in [-0.2, -0.15) is 13.2 Å². The van der Waals surface area contributed by atoms with Crippen molar-refractivity contribution >= 4 is 23.0 Å². The number of alkyl halides is 3. The number of thiocarbonyl (C=S) groups is 1. The Morgan fingerprint density at radius 2 is 1.93 bits per heavy atom. The summed E-state index contributed by atoms with van der Waals surface area (Å²) in [7, 11) is 0. The van der Waals surface area contributed by atoms with E-state index in [4.69, 9.17) is 12.2 Å². The molecule has 30 heavy (non-hydrogen) atoms. The molecule has 0 fully saturated rings. The highest BCUT2D eigenvalue weighted by Crippen LogP contribution is 2.34. The van der Waals surface area contributed by atoms with Crippen molar-refractivity contribution in [3.63, 3.8) is 0 Å². The van der Waals surface area contributed by atoms with Crippen molar-refractivity contribution in [2.45, 2.75) is 25.7 Å². The van der Waals surface area contributed by atoms with Crippen LogP contribution in [0.5, 0.6) is 0 Å². The molecule has 0 unspecified atom stereocenters. The molecule has 0 bridgehead atoms. The molecule has 0 saturated heterocycles. The third-order valence-corrected chi connectivity index (χ3v) is 4.79. The summed E-state index contributed by atoms with van der Waals surface area (Å²) in [5.41, 5.74) is -0.240. The van der Waals surface area contributed by atoms with Crippen LogP contribution < -0.4 is 5.32 Å². The number of halogens is 4. The summed E-state index contributed by atoms with van der Waals surface area (Å²) in [5.74, 6) is -0.382. The van der Waals surface area contributed by atoms with Crippen LogP contribution in [0.3, 0.4) is 0 Å². The number of aromatic nitrogens is 2. The highest BCUT2D eigenvalue weighted by atomic mass is 32.1. The van der Waals surface area contributed by atoms with E-state index in [9.17, 15) is 17.6 Å². The van der Waals surface area contributed by atoms with Crippen molar-refractivity contribution in [2.75, 3.05) is 11.9 Å². The monoisotopic (exact) mass is 436 g/mol. The summed E-state index contributed by atoms with van der Waals surface area (Å²) in [6.07, 6.45) is 1.35. The molecule has 2 aromatic carbocycles. The minimum Gasteiger partial charge on any atom is -0.345 e. The fourth-order valence-corrected chi connectivity index (χ4v) is 3.27. The number of rotatable bonds is 7. The lowest BCUT2D eigenvalue weighted by atomic mass is 10.1. The van der Waals surface area contributed by atoms with Gasteiger partial charge in [-0.05, 0) is 48.5 Å². The number of benzene rings is 2. The maximum absolute atomic E-state index is 13.6. The minimum atomic E-state index is -4.51. The van der Waals surface area contributed by atoms with Crippen LogP contribution in [0.15, 0.2) is 67.3 Å². The third kappa shape index (κ3) is 6.03. The second-order valence-corrected chi connectivity index (χ2v) is 7.07. The zero-order valence-corrected chi connectivity index (χ0v) is 16.8. The first-order valence-corrected chi connectivity index (χ1v) is 9.66. The van der Waals surface area contributed by atoms with Gasteiger partial charge in [0.2, 0.25) is 0 Å². The maximum Gasteiger partial charge on any atom is 0.418 e. The van der Waals surface area contributed by atoms with E-state index in [1.807, 2.05) is 10.8 Å². The molecule has 3 aromatic rings. The average Bonchev–Trinajstić information content (AvgIpc) is 3.20. The van der Waals surface area contributed by atoms with Crippen LogP contribution in [0.25, 0.3) is 0 Å². The Kier molecular flexibility index (Phi) is 7.04. The maximum atomic E-state index is 13.6. The summed E-state index contributed by atoms with van der Waals surface area (Å²) in [5, 5.41) is 2.86. The van der Waals surface area contributed by atoms with E-state index in [2.05, 4.69) is 10.3 Å². The van der Waals surface area contributed by atoms with Gasteiger partial charge in [-0.25, -0.2) is 9.37 Å². The van der Waals surface area contributed by atoms with Gasteiger partial charge in [-0.15, -0.1) is 0 Å². The molecule has 158 valence electrons. The lowest BCUT2D eigenvalue weighted by Crippen LogP contribution is -2.36. The van der Waals surface area contributed by atoms with Crippen molar-refractivity contribution in [3.8, 4) is 0 Å². The van der Waals surface area contributed by atoms with E-state index >= 15 is 0 Å². The highest BCUT2D eigenvalue weighted by molar-refractivity contribution is 7.80. The Morgan fingerprint density at radius 1 is 1.13 bits per heavy atom. The lowest BCUT2D eigenvalue weighted by Gasteiger charge is -2.27. The van der Waals surface area contributed by atoms with Crippen LogP contribution >= 0.6 is 12.2 Å². The van der Waals surface area contributed by atoms with Crippen LogP contribution in [0.1, 0.15) is 17.5 Å². The lowest BCUT2D eigenvalue weighted by molar-refractivity contribution is -0.136.